The molecule has 3 heteroatoms. The molecule has 1 amide bonds. The highest BCUT2D eigenvalue weighted by Gasteiger charge is 2.09. The Morgan fingerprint density at radius 3 is 2.42 bits per heavy atom. The Kier molecular flexibility index (Phi) is 5.38. The number of hydrogen-bond acceptors (Lipinski definition) is 2. The Balaban J connectivity index is 3.28. The van der Waals surface area contributed by atoms with Crippen LogP contribution in [0.2, 0.25) is 0 Å². The van der Waals surface area contributed by atoms with Gasteiger partial charge in [-0.3, -0.25) is 4.79 Å². The van der Waals surface area contributed by atoms with E-state index >= 15 is 0 Å². The molecule has 0 rings (SSSR count). The van der Waals surface area contributed by atoms with Gasteiger partial charge in [0.15, 0.2) is 0 Å². The summed E-state index contributed by atoms with van der Waals surface area (Å²) in [4.78, 5) is 10.8. The quantitative estimate of drug-likeness (QED) is 0.686. The van der Waals surface area contributed by atoms with Gasteiger partial charge in [0.1, 0.15) is 0 Å². The van der Waals surface area contributed by atoms with Gasteiger partial charge in [0.05, 0.1) is 0 Å². The van der Waals surface area contributed by atoms with E-state index in [9.17, 15) is 4.79 Å². The van der Waals surface area contributed by atoms with Gasteiger partial charge in [-0.15, -0.1) is 0 Å². The Hall–Kier alpha value is -0.180. The molecule has 0 spiro atoms. The van der Waals surface area contributed by atoms with Gasteiger partial charge in [-0.2, -0.15) is 11.8 Å². The number of hydrogen-bond donors (Lipinski definition) is 1. The largest absolute Gasteiger partial charge is 0.355 e. The lowest BCUT2D eigenvalue weighted by atomic mass is 10.3. The Bertz CT molecular complexity index is 140. The number of rotatable bonds is 4. The topological polar surface area (TPSA) is 29.1 Å². The highest BCUT2D eigenvalue weighted by molar-refractivity contribution is 8.00. The van der Waals surface area contributed by atoms with Crippen molar-refractivity contribution in [2.45, 2.75) is 38.9 Å². The average Bonchev–Trinajstić information content (AvgIpc) is 1.96. The van der Waals surface area contributed by atoms with E-state index in [-0.39, 0.29) is 5.91 Å². The lowest BCUT2D eigenvalue weighted by Crippen LogP contribution is -2.25. The molecule has 0 aromatic heterocycles. The van der Waals surface area contributed by atoms with Crippen LogP contribution in [0, 0.1) is 0 Å². The predicted octanol–water partition coefficient (Wildman–Crippen LogP) is 2.04. The molecule has 0 aromatic carbocycles. The average molecular weight is 189 g/mol. The van der Waals surface area contributed by atoms with Gasteiger partial charge >= 0.3 is 0 Å². The summed E-state index contributed by atoms with van der Waals surface area (Å²) in [6.45, 7) is 9.19. The van der Waals surface area contributed by atoms with Crippen LogP contribution in [0.4, 0.5) is 0 Å². The second kappa shape index (κ2) is 5.46. The third kappa shape index (κ3) is 7.92. The van der Waals surface area contributed by atoms with Gasteiger partial charge in [-0.05, 0) is 0 Å². The van der Waals surface area contributed by atoms with Crippen LogP contribution in [0.15, 0.2) is 0 Å². The van der Waals surface area contributed by atoms with Gasteiger partial charge in [0.2, 0.25) is 5.91 Å². The van der Waals surface area contributed by atoms with Gasteiger partial charge < -0.3 is 5.32 Å². The second-order valence-electron chi connectivity index (χ2n) is 3.66. The number of thioether (sulfide) groups is 1. The van der Waals surface area contributed by atoms with E-state index < -0.39 is 0 Å². The maximum atomic E-state index is 10.8. The highest BCUT2D eigenvalue weighted by Crippen LogP contribution is 2.21. The van der Waals surface area contributed by atoms with E-state index in [1.54, 1.807) is 0 Å². The highest BCUT2D eigenvalue weighted by atomic mass is 32.2. The summed E-state index contributed by atoms with van der Waals surface area (Å²) < 4.78 is 0.303. The predicted molar refractivity (Wildman–Crippen MR) is 55.5 cm³/mol. The van der Waals surface area contributed by atoms with E-state index in [0.717, 1.165) is 12.3 Å². The number of nitrogens with one attached hydrogen (secondary N) is 1. The normalized spacial score (nSPS) is 11.3. The zero-order valence-electron chi connectivity index (χ0n) is 8.44. The fraction of sp³-hybridized carbons (Fsp3) is 0.889. The van der Waals surface area contributed by atoms with E-state index in [1.807, 2.05) is 18.7 Å². The molecule has 2 nitrogen and oxygen atoms in total. The zero-order valence-corrected chi connectivity index (χ0v) is 9.25. The number of carbonyl (C=O) groups excluding carboxylic acids is 1. The molecule has 0 saturated carbocycles. The molecule has 0 aromatic rings. The van der Waals surface area contributed by atoms with Crippen LogP contribution in [0.5, 0.6) is 0 Å². The summed E-state index contributed by atoms with van der Waals surface area (Å²) in [5.41, 5.74) is 0. The lowest BCUT2D eigenvalue weighted by molar-refractivity contribution is -0.120. The molecule has 0 aliphatic rings. The van der Waals surface area contributed by atoms with Crippen molar-refractivity contribution in [1.82, 2.24) is 5.32 Å². The van der Waals surface area contributed by atoms with Crippen molar-refractivity contribution >= 4 is 17.7 Å². The van der Waals surface area contributed by atoms with Crippen molar-refractivity contribution in [3.05, 3.63) is 0 Å². The lowest BCUT2D eigenvalue weighted by Gasteiger charge is -2.17. The fourth-order valence-electron chi connectivity index (χ4n) is 0.673. The smallest absolute Gasteiger partial charge is 0.219 e. The van der Waals surface area contributed by atoms with Crippen LogP contribution in [0.3, 0.4) is 0 Å². The molecule has 12 heavy (non-hydrogen) atoms. The van der Waals surface area contributed by atoms with Crippen LogP contribution in [0.25, 0.3) is 0 Å². The van der Waals surface area contributed by atoms with Crippen LogP contribution in [-0.4, -0.2) is 23.0 Å². The van der Waals surface area contributed by atoms with Crippen molar-refractivity contribution in [2.24, 2.45) is 0 Å². The van der Waals surface area contributed by atoms with Crippen molar-refractivity contribution in [1.29, 1.82) is 0 Å². The SMILES string of the molecule is CCC(=O)NCCSC(C)(C)C. The maximum Gasteiger partial charge on any atom is 0.219 e. The van der Waals surface area contributed by atoms with Gasteiger partial charge in [0.25, 0.3) is 0 Å². The number of amides is 1. The van der Waals surface area contributed by atoms with Gasteiger partial charge in [0, 0.05) is 23.5 Å². The summed E-state index contributed by atoms with van der Waals surface area (Å²) >= 11 is 1.87. The summed E-state index contributed by atoms with van der Waals surface area (Å²) in [5.74, 6) is 1.14. The number of carbonyl (C=O) groups is 1. The van der Waals surface area contributed by atoms with Crippen molar-refractivity contribution in [3.8, 4) is 0 Å². The molecule has 0 aliphatic carbocycles. The third-order valence-electron chi connectivity index (χ3n) is 1.28. The molecule has 1 N–H and O–H groups in total. The van der Waals surface area contributed by atoms with Gasteiger partial charge in [-0.1, -0.05) is 27.7 Å². The van der Waals surface area contributed by atoms with Crippen LogP contribution < -0.4 is 5.32 Å². The molecule has 0 unspecified atom stereocenters. The van der Waals surface area contributed by atoms with Gasteiger partial charge in [-0.25, -0.2) is 0 Å². The first-order valence-electron chi connectivity index (χ1n) is 4.36. The molecule has 0 radical (unpaired) electrons. The molecule has 0 bridgehead atoms. The van der Waals surface area contributed by atoms with E-state index in [4.69, 9.17) is 0 Å². The van der Waals surface area contributed by atoms with Crippen LogP contribution >= 0.6 is 11.8 Å². The summed E-state index contributed by atoms with van der Waals surface area (Å²) in [6.07, 6.45) is 0.584. The summed E-state index contributed by atoms with van der Waals surface area (Å²) in [6, 6.07) is 0. The van der Waals surface area contributed by atoms with E-state index in [1.165, 1.54) is 0 Å². The van der Waals surface area contributed by atoms with E-state index in [0.29, 0.717) is 11.2 Å². The molecule has 0 saturated heterocycles. The zero-order chi connectivity index (χ0) is 9.61. The molecule has 0 heterocycles. The summed E-state index contributed by atoms with van der Waals surface area (Å²) in [7, 11) is 0. The third-order valence-corrected chi connectivity index (χ3v) is 2.55. The van der Waals surface area contributed by atoms with Crippen molar-refractivity contribution in [3.63, 3.8) is 0 Å². The standard InChI is InChI=1S/C9H19NOS/c1-5-8(11)10-6-7-12-9(2,3)4/h5-7H2,1-4H3,(H,10,11). The first-order valence-corrected chi connectivity index (χ1v) is 5.35. The first-order chi connectivity index (χ1) is 5.45. The molecule has 0 fully saturated rings. The molecule has 0 atom stereocenters. The minimum absolute atomic E-state index is 0.143. The Morgan fingerprint density at radius 1 is 1.42 bits per heavy atom. The summed E-state index contributed by atoms with van der Waals surface area (Å²) in [5, 5.41) is 2.85. The Morgan fingerprint density at radius 2 is 2.00 bits per heavy atom. The molecular formula is C9H19NOS. The Labute approximate surface area is 79.5 Å². The minimum Gasteiger partial charge on any atom is -0.355 e. The van der Waals surface area contributed by atoms with E-state index in [2.05, 4.69) is 26.1 Å². The monoisotopic (exact) mass is 189 g/mol. The fourth-order valence-corrected chi connectivity index (χ4v) is 1.49. The van der Waals surface area contributed by atoms with Crippen molar-refractivity contribution in [2.75, 3.05) is 12.3 Å². The first kappa shape index (κ1) is 11.8. The van der Waals surface area contributed by atoms with Crippen LogP contribution in [-0.2, 0) is 4.79 Å². The minimum atomic E-state index is 0.143. The molecular weight excluding hydrogens is 170 g/mol. The van der Waals surface area contributed by atoms with Crippen LogP contribution in [0.1, 0.15) is 34.1 Å². The second-order valence-corrected chi connectivity index (χ2v) is 5.59. The maximum absolute atomic E-state index is 10.8. The van der Waals surface area contributed by atoms with Crippen molar-refractivity contribution < 1.29 is 4.79 Å². The molecule has 0 aliphatic heterocycles. The molecule has 72 valence electrons.